The minimum absolute atomic E-state index is 0. The van der Waals surface area contributed by atoms with E-state index in [0.717, 1.165) is 31.6 Å². The molecule has 1 amide bonds. The topological polar surface area (TPSA) is 58.1 Å². The molecule has 3 aromatic rings. The summed E-state index contributed by atoms with van der Waals surface area (Å²) in [6.45, 7) is 3.36. The maximum atomic E-state index is 14.2. The largest absolute Gasteiger partial charge is 0.352 e. The molecule has 140 valence electrons. The van der Waals surface area contributed by atoms with Gasteiger partial charge in [-0.1, -0.05) is 12.1 Å². The van der Waals surface area contributed by atoms with Crippen LogP contribution in [0.1, 0.15) is 28.9 Å². The lowest BCUT2D eigenvalue weighted by Crippen LogP contribution is -2.28. The smallest absolute Gasteiger partial charge is 0.257 e. The summed E-state index contributed by atoms with van der Waals surface area (Å²) in [7, 11) is 0. The summed E-state index contributed by atoms with van der Waals surface area (Å²) in [5.74, 6) is -0.464. The molecule has 0 aliphatic carbocycles. The van der Waals surface area contributed by atoms with Crippen molar-refractivity contribution in [1.82, 2.24) is 14.9 Å². The minimum Gasteiger partial charge on any atom is -0.352 e. The molecule has 7 heteroatoms. The molecule has 0 bridgehead atoms. The van der Waals surface area contributed by atoms with E-state index in [-0.39, 0.29) is 24.1 Å². The Balaban J connectivity index is 0.00000210. The van der Waals surface area contributed by atoms with Gasteiger partial charge >= 0.3 is 0 Å². The number of nitrogens with zero attached hydrogens (tertiary/aromatic N) is 3. The summed E-state index contributed by atoms with van der Waals surface area (Å²) in [4.78, 5) is 23.6. The second-order valence-electron chi connectivity index (χ2n) is 6.47. The Kier molecular flexibility index (Phi) is 5.56. The third-order valence-corrected chi connectivity index (χ3v) is 4.63. The van der Waals surface area contributed by atoms with Gasteiger partial charge in [0.25, 0.3) is 5.91 Å². The molecule has 1 N–H and O–H groups in total. The third-order valence-electron chi connectivity index (χ3n) is 4.63. The minimum atomic E-state index is -0.378. The normalized spacial score (nSPS) is 13.5. The molecule has 3 heterocycles. The standard InChI is InChI=1S/C20H19FN4O.ClH/c1-13-8-9-14-18(24-17-7-3-2-6-16(17)21)15(12-22-19(14)23-13)20(26)25-10-4-5-11-25;/h2-3,6-9,12H,4-5,10-11H2,1H3,(H,22,23,24);1H. The lowest BCUT2D eigenvalue weighted by atomic mass is 10.1. The number of fused-ring (bicyclic) bond motifs is 1. The maximum absolute atomic E-state index is 14.2. The quantitative estimate of drug-likeness (QED) is 0.721. The van der Waals surface area contributed by atoms with E-state index in [1.54, 1.807) is 24.4 Å². The van der Waals surface area contributed by atoms with Gasteiger partial charge in [0.1, 0.15) is 5.82 Å². The summed E-state index contributed by atoms with van der Waals surface area (Å²) in [6.07, 6.45) is 3.55. The van der Waals surface area contributed by atoms with Crippen LogP contribution < -0.4 is 5.32 Å². The van der Waals surface area contributed by atoms with Crippen LogP contribution in [-0.2, 0) is 0 Å². The molecule has 0 atom stereocenters. The fraction of sp³-hybridized carbons (Fsp3) is 0.250. The molecule has 1 fully saturated rings. The van der Waals surface area contributed by atoms with E-state index in [9.17, 15) is 9.18 Å². The molecule has 4 rings (SSSR count). The van der Waals surface area contributed by atoms with E-state index < -0.39 is 0 Å². The molecular formula is C20H20ClFN4O. The van der Waals surface area contributed by atoms with Gasteiger partial charge in [0.2, 0.25) is 0 Å². The Hall–Kier alpha value is -2.73. The number of hydrogen-bond donors (Lipinski definition) is 1. The number of carbonyl (C=O) groups is 1. The van der Waals surface area contributed by atoms with Gasteiger partial charge in [-0.3, -0.25) is 4.79 Å². The number of hydrogen-bond acceptors (Lipinski definition) is 4. The average Bonchev–Trinajstić information content (AvgIpc) is 3.17. The summed E-state index contributed by atoms with van der Waals surface area (Å²) in [6, 6.07) is 10.1. The molecule has 27 heavy (non-hydrogen) atoms. The number of aryl methyl sites for hydroxylation is 1. The van der Waals surface area contributed by atoms with Crippen molar-refractivity contribution in [2.24, 2.45) is 0 Å². The van der Waals surface area contributed by atoms with E-state index in [1.165, 1.54) is 6.07 Å². The number of amides is 1. The number of pyridine rings is 2. The SMILES string of the molecule is Cc1ccc2c(Nc3ccccc3F)c(C(=O)N3CCCC3)cnc2n1.Cl. The highest BCUT2D eigenvalue weighted by Crippen LogP contribution is 2.31. The lowest BCUT2D eigenvalue weighted by molar-refractivity contribution is 0.0793. The maximum Gasteiger partial charge on any atom is 0.257 e. The zero-order valence-corrected chi connectivity index (χ0v) is 15.7. The van der Waals surface area contributed by atoms with Crippen molar-refractivity contribution in [3.63, 3.8) is 0 Å². The van der Waals surface area contributed by atoms with Gasteiger partial charge in [-0.05, 0) is 44.0 Å². The van der Waals surface area contributed by atoms with Crippen LogP contribution in [0.25, 0.3) is 11.0 Å². The van der Waals surface area contributed by atoms with E-state index in [1.807, 2.05) is 24.0 Å². The van der Waals surface area contributed by atoms with E-state index in [2.05, 4.69) is 15.3 Å². The van der Waals surface area contributed by atoms with Crippen LogP contribution in [0.4, 0.5) is 15.8 Å². The van der Waals surface area contributed by atoms with Gasteiger partial charge in [0.05, 0.1) is 16.9 Å². The van der Waals surface area contributed by atoms with Crippen molar-refractivity contribution in [3.8, 4) is 0 Å². The summed E-state index contributed by atoms with van der Waals surface area (Å²) in [5.41, 5.74) is 2.66. The van der Waals surface area contributed by atoms with Gasteiger partial charge in [0, 0.05) is 30.4 Å². The molecule has 1 aliphatic heterocycles. The lowest BCUT2D eigenvalue weighted by Gasteiger charge is -2.19. The fourth-order valence-corrected chi connectivity index (χ4v) is 3.26. The fourth-order valence-electron chi connectivity index (χ4n) is 3.26. The highest BCUT2D eigenvalue weighted by molar-refractivity contribution is 6.07. The van der Waals surface area contributed by atoms with Gasteiger partial charge < -0.3 is 10.2 Å². The molecule has 1 aromatic carbocycles. The highest BCUT2D eigenvalue weighted by Gasteiger charge is 2.24. The second-order valence-corrected chi connectivity index (χ2v) is 6.47. The van der Waals surface area contributed by atoms with Gasteiger partial charge in [-0.15, -0.1) is 12.4 Å². The van der Waals surface area contributed by atoms with Crippen molar-refractivity contribution in [1.29, 1.82) is 0 Å². The number of nitrogens with one attached hydrogen (secondary N) is 1. The van der Waals surface area contributed by atoms with Crippen LogP contribution in [0.3, 0.4) is 0 Å². The van der Waals surface area contributed by atoms with E-state index in [0.29, 0.717) is 28.0 Å². The first kappa shape index (κ1) is 19.0. The molecule has 0 unspecified atom stereocenters. The zero-order chi connectivity index (χ0) is 18.1. The highest BCUT2D eigenvalue weighted by atomic mass is 35.5. The van der Waals surface area contributed by atoms with Crippen molar-refractivity contribution in [2.75, 3.05) is 18.4 Å². The molecule has 1 aliphatic rings. The Morgan fingerprint density at radius 2 is 1.89 bits per heavy atom. The summed E-state index contributed by atoms with van der Waals surface area (Å²) in [5, 5.41) is 3.80. The zero-order valence-electron chi connectivity index (χ0n) is 14.9. The van der Waals surface area contributed by atoms with Crippen LogP contribution in [0.5, 0.6) is 0 Å². The number of aromatic nitrogens is 2. The van der Waals surface area contributed by atoms with Crippen molar-refractivity contribution >= 4 is 40.7 Å². The molecule has 0 spiro atoms. The van der Waals surface area contributed by atoms with Gasteiger partial charge in [-0.2, -0.15) is 0 Å². The third kappa shape index (κ3) is 3.71. The van der Waals surface area contributed by atoms with Gasteiger partial charge in [0.15, 0.2) is 5.65 Å². The van der Waals surface area contributed by atoms with E-state index in [4.69, 9.17) is 0 Å². The van der Waals surface area contributed by atoms with Crippen molar-refractivity contribution in [3.05, 3.63) is 59.7 Å². The summed E-state index contributed by atoms with van der Waals surface area (Å²) >= 11 is 0. The molecule has 5 nitrogen and oxygen atoms in total. The number of likely N-dealkylation sites (tertiary alicyclic amines) is 1. The van der Waals surface area contributed by atoms with Crippen LogP contribution in [0.2, 0.25) is 0 Å². The Morgan fingerprint density at radius 3 is 2.63 bits per heavy atom. The van der Waals surface area contributed by atoms with Crippen LogP contribution in [0, 0.1) is 12.7 Å². The molecule has 0 radical (unpaired) electrons. The molecule has 2 aromatic heterocycles. The van der Waals surface area contributed by atoms with Crippen LogP contribution in [0.15, 0.2) is 42.6 Å². The van der Waals surface area contributed by atoms with Crippen LogP contribution in [-0.4, -0.2) is 33.9 Å². The number of para-hydroxylation sites is 1. The number of rotatable bonds is 3. The van der Waals surface area contributed by atoms with Crippen LogP contribution >= 0.6 is 12.4 Å². The summed E-state index contributed by atoms with van der Waals surface area (Å²) < 4.78 is 14.2. The Bertz CT molecular complexity index is 989. The second kappa shape index (κ2) is 7.88. The predicted octanol–water partition coefficient (Wildman–Crippen LogP) is 4.48. The van der Waals surface area contributed by atoms with E-state index >= 15 is 0 Å². The predicted molar refractivity (Wildman–Crippen MR) is 106 cm³/mol. The monoisotopic (exact) mass is 386 g/mol. The first-order valence-corrected chi connectivity index (χ1v) is 8.70. The molecule has 1 saturated heterocycles. The molecular weight excluding hydrogens is 367 g/mol. The number of anilines is 2. The Morgan fingerprint density at radius 1 is 1.15 bits per heavy atom. The first-order chi connectivity index (χ1) is 12.6. The molecule has 0 saturated carbocycles. The van der Waals surface area contributed by atoms with Gasteiger partial charge in [-0.25, -0.2) is 14.4 Å². The van der Waals surface area contributed by atoms with Crippen molar-refractivity contribution in [2.45, 2.75) is 19.8 Å². The van der Waals surface area contributed by atoms with Crippen molar-refractivity contribution < 1.29 is 9.18 Å². The average molecular weight is 387 g/mol. The Labute approximate surface area is 163 Å². The number of benzene rings is 1. The number of carbonyl (C=O) groups excluding carboxylic acids is 1. The number of halogens is 2. The first-order valence-electron chi connectivity index (χ1n) is 8.70.